The van der Waals surface area contributed by atoms with Crippen LogP contribution in [-0.4, -0.2) is 47.3 Å². The molecule has 0 unspecified atom stereocenters. The van der Waals surface area contributed by atoms with Crippen molar-refractivity contribution in [2.45, 2.75) is 44.4 Å². The molecule has 0 N–H and O–H groups in total. The van der Waals surface area contributed by atoms with E-state index >= 15 is 0 Å². The van der Waals surface area contributed by atoms with Crippen molar-refractivity contribution in [3.8, 4) is 0 Å². The summed E-state index contributed by atoms with van der Waals surface area (Å²) in [5, 5.41) is 4.08. The molecule has 3 aliphatic rings. The number of hydrogen-bond acceptors (Lipinski definition) is 5. The normalized spacial score (nSPS) is 29.0. The summed E-state index contributed by atoms with van der Waals surface area (Å²) < 4.78 is 10.7. The molecule has 0 bridgehead atoms. The predicted octanol–water partition coefficient (Wildman–Crippen LogP) is 1.76. The fourth-order valence-corrected chi connectivity index (χ4v) is 3.52. The molecule has 1 aliphatic carbocycles. The minimum absolute atomic E-state index is 0.0728. The number of aromatic nitrogens is 2. The van der Waals surface area contributed by atoms with Crippen LogP contribution in [-0.2, 0) is 16.0 Å². The molecular formula is C16H23N3O3. The van der Waals surface area contributed by atoms with E-state index in [1.165, 1.54) is 12.8 Å². The molecule has 1 aromatic heterocycles. The van der Waals surface area contributed by atoms with E-state index in [4.69, 9.17) is 9.26 Å². The Balaban J connectivity index is 1.34. The first-order valence-corrected chi connectivity index (χ1v) is 8.48. The molecule has 6 heteroatoms. The van der Waals surface area contributed by atoms with E-state index < -0.39 is 0 Å². The van der Waals surface area contributed by atoms with Crippen molar-refractivity contribution in [1.82, 2.24) is 15.0 Å². The van der Waals surface area contributed by atoms with Gasteiger partial charge < -0.3 is 14.2 Å². The first-order chi connectivity index (χ1) is 10.8. The number of rotatable bonds is 4. The zero-order chi connectivity index (χ0) is 14.9. The molecule has 4 rings (SSSR count). The van der Waals surface area contributed by atoms with E-state index in [9.17, 15) is 4.79 Å². The highest BCUT2D eigenvalue weighted by Crippen LogP contribution is 2.38. The van der Waals surface area contributed by atoms with Crippen molar-refractivity contribution in [1.29, 1.82) is 0 Å². The fraction of sp³-hybridized carbons (Fsp3) is 0.812. The van der Waals surface area contributed by atoms with Crippen LogP contribution in [0.3, 0.4) is 0 Å². The maximum Gasteiger partial charge on any atom is 0.228 e. The Morgan fingerprint density at radius 1 is 1.27 bits per heavy atom. The lowest BCUT2D eigenvalue weighted by Crippen LogP contribution is -2.43. The van der Waals surface area contributed by atoms with Gasteiger partial charge in [0.05, 0.1) is 12.5 Å². The number of nitrogens with zero attached hydrogens (tertiary/aromatic N) is 3. The Morgan fingerprint density at radius 2 is 2.18 bits per heavy atom. The van der Waals surface area contributed by atoms with Gasteiger partial charge in [0.2, 0.25) is 11.8 Å². The first kappa shape index (κ1) is 14.2. The number of amides is 1. The summed E-state index contributed by atoms with van der Waals surface area (Å²) in [6.45, 7) is 3.01. The smallest absolute Gasteiger partial charge is 0.228 e. The quantitative estimate of drug-likeness (QED) is 0.848. The highest BCUT2D eigenvalue weighted by atomic mass is 16.5. The Bertz CT molecular complexity index is 534. The van der Waals surface area contributed by atoms with Gasteiger partial charge in [0.15, 0.2) is 5.82 Å². The molecule has 2 atom stereocenters. The predicted molar refractivity (Wildman–Crippen MR) is 78.2 cm³/mol. The molecule has 2 saturated heterocycles. The van der Waals surface area contributed by atoms with E-state index in [1.54, 1.807) is 0 Å². The van der Waals surface area contributed by atoms with Crippen molar-refractivity contribution in [2.75, 3.05) is 26.3 Å². The first-order valence-electron chi connectivity index (χ1n) is 8.48. The molecule has 120 valence electrons. The van der Waals surface area contributed by atoms with Crippen LogP contribution in [0.25, 0.3) is 0 Å². The standard InChI is InChI=1S/C16H23N3O3/c20-16(13-5-7-21-10-13)19-6-1-2-11(9-19)8-14-17-15(18-22-14)12-3-4-12/h11-13H,1-10H2/t11-,13-/m1/s1. The van der Waals surface area contributed by atoms with Crippen LogP contribution in [0.4, 0.5) is 0 Å². The SMILES string of the molecule is O=C([C@@H]1CCOC1)N1CCC[C@H](Cc2nc(C3CC3)no2)C1. The van der Waals surface area contributed by atoms with Gasteiger partial charge in [0.1, 0.15) is 0 Å². The van der Waals surface area contributed by atoms with Gasteiger partial charge in [-0.05, 0) is 38.0 Å². The summed E-state index contributed by atoms with van der Waals surface area (Å²) in [6.07, 6.45) is 6.24. The van der Waals surface area contributed by atoms with Crippen LogP contribution in [0.2, 0.25) is 0 Å². The molecule has 6 nitrogen and oxygen atoms in total. The molecule has 3 fully saturated rings. The summed E-state index contributed by atoms with van der Waals surface area (Å²) in [7, 11) is 0. The van der Waals surface area contributed by atoms with Crippen molar-refractivity contribution >= 4 is 5.91 Å². The van der Waals surface area contributed by atoms with Crippen molar-refractivity contribution in [2.24, 2.45) is 11.8 Å². The lowest BCUT2D eigenvalue weighted by Gasteiger charge is -2.33. The average Bonchev–Trinajstić information content (AvgIpc) is 3.05. The number of piperidine rings is 1. The Hall–Kier alpha value is -1.43. The second-order valence-corrected chi connectivity index (χ2v) is 6.88. The van der Waals surface area contributed by atoms with Gasteiger partial charge in [-0.25, -0.2) is 0 Å². The third kappa shape index (κ3) is 3.02. The molecule has 2 aliphatic heterocycles. The molecule has 1 saturated carbocycles. The zero-order valence-electron chi connectivity index (χ0n) is 12.9. The van der Waals surface area contributed by atoms with E-state index in [0.717, 1.165) is 57.1 Å². The third-order valence-corrected chi connectivity index (χ3v) is 5.00. The van der Waals surface area contributed by atoms with Gasteiger partial charge in [0, 0.05) is 32.0 Å². The maximum absolute atomic E-state index is 12.5. The van der Waals surface area contributed by atoms with E-state index in [2.05, 4.69) is 10.1 Å². The topological polar surface area (TPSA) is 68.5 Å². The van der Waals surface area contributed by atoms with Gasteiger partial charge in [-0.1, -0.05) is 5.16 Å². The lowest BCUT2D eigenvalue weighted by molar-refractivity contribution is -0.137. The highest BCUT2D eigenvalue weighted by molar-refractivity contribution is 5.79. The van der Waals surface area contributed by atoms with Gasteiger partial charge in [-0.15, -0.1) is 0 Å². The lowest BCUT2D eigenvalue weighted by atomic mass is 9.93. The Kier molecular flexibility index (Phi) is 3.86. The van der Waals surface area contributed by atoms with Crippen LogP contribution in [0.15, 0.2) is 4.52 Å². The summed E-state index contributed by atoms with van der Waals surface area (Å²) in [4.78, 5) is 19.0. The summed E-state index contributed by atoms with van der Waals surface area (Å²) >= 11 is 0. The summed E-state index contributed by atoms with van der Waals surface area (Å²) in [5.74, 6) is 2.93. The number of carbonyl (C=O) groups is 1. The van der Waals surface area contributed by atoms with E-state index in [1.807, 2.05) is 4.90 Å². The van der Waals surface area contributed by atoms with Crippen LogP contribution in [0, 0.1) is 11.8 Å². The molecule has 0 aromatic carbocycles. The maximum atomic E-state index is 12.5. The highest BCUT2D eigenvalue weighted by Gasteiger charge is 2.32. The largest absolute Gasteiger partial charge is 0.381 e. The Labute approximate surface area is 130 Å². The molecule has 1 amide bonds. The monoisotopic (exact) mass is 305 g/mol. The van der Waals surface area contributed by atoms with Crippen molar-refractivity contribution < 1.29 is 14.1 Å². The fourth-order valence-electron chi connectivity index (χ4n) is 3.52. The number of ether oxygens (including phenoxy) is 1. The van der Waals surface area contributed by atoms with Gasteiger partial charge in [-0.3, -0.25) is 4.79 Å². The van der Waals surface area contributed by atoms with Gasteiger partial charge in [-0.2, -0.15) is 4.98 Å². The molecular weight excluding hydrogens is 282 g/mol. The van der Waals surface area contributed by atoms with E-state index in [0.29, 0.717) is 18.4 Å². The molecule has 0 radical (unpaired) electrons. The number of hydrogen-bond donors (Lipinski definition) is 0. The minimum Gasteiger partial charge on any atom is -0.381 e. The summed E-state index contributed by atoms with van der Waals surface area (Å²) in [5.41, 5.74) is 0. The molecule has 3 heterocycles. The average molecular weight is 305 g/mol. The number of likely N-dealkylation sites (tertiary alicyclic amines) is 1. The molecule has 0 spiro atoms. The summed E-state index contributed by atoms with van der Waals surface area (Å²) in [6, 6.07) is 0. The number of carbonyl (C=O) groups excluding carboxylic acids is 1. The van der Waals surface area contributed by atoms with Gasteiger partial charge >= 0.3 is 0 Å². The second kappa shape index (κ2) is 5.99. The third-order valence-electron chi connectivity index (χ3n) is 5.00. The second-order valence-electron chi connectivity index (χ2n) is 6.88. The molecule has 22 heavy (non-hydrogen) atoms. The van der Waals surface area contributed by atoms with Gasteiger partial charge in [0.25, 0.3) is 0 Å². The zero-order valence-corrected chi connectivity index (χ0v) is 12.9. The van der Waals surface area contributed by atoms with Crippen molar-refractivity contribution in [3.63, 3.8) is 0 Å². The van der Waals surface area contributed by atoms with Crippen LogP contribution >= 0.6 is 0 Å². The van der Waals surface area contributed by atoms with Crippen molar-refractivity contribution in [3.05, 3.63) is 11.7 Å². The Morgan fingerprint density at radius 3 is 2.95 bits per heavy atom. The molecule has 1 aromatic rings. The minimum atomic E-state index is 0.0728. The van der Waals surface area contributed by atoms with Crippen LogP contribution < -0.4 is 0 Å². The van der Waals surface area contributed by atoms with Crippen LogP contribution in [0.5, 0.6) is 0 Å². The van der Waals surface area contributed by atoms with Crippen LogP contribution in [0.1, 0.15) is 49.7 Å². The van der Waals surface area contributed by atoms with E-state index in [-0.39, 0.29) is 11.8 Å².